The van der Waals surface area contributed by atoms with Crippen LogP contribution in [0.1, 0.15) is 48.0 Å². The summed E-state index contributed by atoms with van der Waals surface area (Å²) in [6, 6.07) is 6.17. The van der Waals surface area contributed by atoms with Crippen molar-refractivity contribution in [3.05, 3.63) is 35.4 Å². The van der Waals surface area contributed by atoms with Gasteiger partial charge >= 0.3 is 5.97 Å². The lowest BCUT2D eigenvalue weighted by molar-refractivity contribution is 0.0244. The Morgan fingerprint density at radius 1 is 1.17 bits per heavy atom. The largest absolute Gasteiger partial charge is 0.478 e. The average Bonchev–Trinajstić information content (AvgIpc) is 2.39. The molecule has 0 amide bonds. The molecule has 4 heteroatoms. The minimum absolute atomic E-state index is 0.0136. The maximum atomic E-state index is 13.5. The lowest BCUT2D eigenvalue weighted by Crippen LogP contribution is -2.38. The van der Waals surface area contributed by atoms with Gasteiger partial charge in [0.05, 0.1) is 11.0 Å². The first-order chi connectivity index (χ1) is 8.58. The van der Waals surface area contributed by atoms with E-state index in [4.69, 9.17) is 5.11 Å². The van der Waals surface area contributed by atoms with Crippen molar-refractivity contribution in [3.63, 3.8) is 0 Å². The van der Waals surface area contributed by atoms with Crippen molar-refractivity contribution in [3.8, 4) is 0 Å². The molecule has 2 nitrogen and oxygen atoms in total. The van der Waals surface area contributed by atoms with Crippen LogP contribution in [0.3, 0.4) is 0 Å². The highest BCUT2D eigenvalue weighted by Gasteiger charge is 2.44. The van der Waals surface area contributed by atoms with E-state index in [-0.39, 0.29) is 5.56 Å². The van der Waals surface area contributed by atoms with Crippen LogP contribution in [-0.2, 0) is 5.41 Å². The van der Waals surface area contributed by atoms with E-state index >= 15 is 0 Å². The van der Waals surface area contributed by atoms with Gasteiger partial charge in [0, 0.05) is 0 Å². The number of carboxylic acids is 1. The van der Waals surface area contributed by atoms with Crippen LogP contribution in [0.15, 0.2) is 24.3 Å². The number of carbonyl (C=O) groups is 1. The van der Waals surface area contributed by atoms with Gasteiger partial charge in [-0.1, -0.05) is 37.5 Å². The fraction of sp³-hybridized carbons (Fsp3) is 0.500. The van der Waals surface area contributed by atoms with Crippen LogP contribution in [0.2, 0.25) is 0 Å². The molecular weight excluding hydrogens is 238 g/mol. The molecule has 1 saturated carbocycles. The molecule has 0 spiro atoms. The SMILES string of the molecule is O=C(O)c1ccccc1C1(C(F)F)CCCCC1. The summed E-state index contributed by atoms with van der Waals surface area (Å²) in [6.07, 6.45) is 0.641. The van der Waals surface area contributed by atoms with Crippen LogP contribution < -0.4 is 0 Å². The van der Waals surface area contributed by atoms with Gasteiger partial charge in [0.25, 0.3) is 0 Å². The van der Waals surface area contributed by atoms with Crippen LogP contribution in [-0.4, -0.2) is 17.5 Å². The van der Waals surface area contributed by atoms with Gasteiger partial charge in [-0.15, -0.1) is 0 Å². The summed E-state index contributed by atoms with van der Waals surface area (Å²) in [7, 11) is 0. The molecule has 0 saturated heterocycles. The van der Waals surface area contributed by atoms with Crippen molar-refractivity contribution in [1.29, 1.82) is 0 Å². The Bertz CT molecular complexity index is 437. The Labute approximate surface area is 105 Å². The predicted molar refractivity (Wildman–Crippen MR) is 64.2 cm³/mol. The normalized spacial score (nSPS) is 18.8. The summed E-state index contributed by atoms with van der Waals surface area (Å²) in [6.45, 7) is 0. The monoisotopic (exact) mass is 254 g/mol. The highest BCUT2D eigenvalue weighted by molar-refractivity contribution is 5.89. The van der Waals surface area contributed by atoms with E-state index < -0.39 is 17.8 Å². The molecule has 0 bridgehead atoms. The topological polar surface area (TPSA) is 37.3 Å². The lowest BCUT2D eigenvalue weighted by Gasteiger charge is -2.37. The van der Waals surface area contributed by atoms with E-state index in [1.54, 1.807) is 18.2 Å². The Balaban J connectivity index is 2.52. The molecule has 1 aliphatic rings. The van der Waals surface area contributed by atoms with Crippen LogP contribution in [0.5, 0.6) is 0 Å². The standard InChI is InChI=1S/C14H16F2O2/c15-13(16)14(8-4-1-5-9-14)11-7-3-2-6-10(11)12(17)18/h2-3,6-7,13H,1,4-5,8-9H2,(H,17,18). The average molecular weight is 254 g/mol. The molecule has 0 heterocycles. The zero-order valence-corrected chi connectivity index (χ0v) is 10.0. The number of hydrogen-bond acceptors (Lipinski definition) is 1. The Morgan fingerprint density at radius 3 is 2.33 bits per heavy atom. The van der Waals surface area contributed by atoms with E-state index in [0.29, 0.717) is 18.4 Å². The second-order valence-corrected chi connectivity index (χ2v) is 4.87. The second kappa shape index (κ2) is 5.04. The van der Waals surface area contributed by atoms with Crippen molar-refractivity contribution >= 4 is 5.97 Å². The molecule has 0 aromatic heterocycles. The molecular formula is C14H16F2O2. The van der Waals surface area contributed by atoms with Crippen molar-refractivity contribution in [2.75, 3.05) is 0 Å². The van der Waals surface area contributed by atoms with Gasteiger partial charge in [0.2, 0.25) is 6.43 Å². The highest BCUT2D eigenvalue weighted by Crippen LogP contribution is 2.45. The fourth-order valence-corrected chi connectivity index (χ4v) is 2.89. The molecule has 1 aromatic carbocycles. The number of hydrogen-bond donors (Lipinski definition) is 1. The summed E-state index contributed by atoms with van der Waals surface area (Å²) in [5.41, 5.74) is -0.959. The first kappa shape index (κ1) is 13.0. The van der Waals surface area contributed by atoms with Crippen LogP contribution in [0.4, 0.5) is 8.78 Å². The van der Waals surface area contributed by atoms with Gasteiger partial charge in [-0.2, -0.15) is 0 Å². The quantitative estimate of drug-likeness (QED) is 0.889. The molecule has 2 rings (SSSR count). The summed E-state index contributed by atoms with van der Waals surface area (Å²) < 4.78 is 27.0. The maximum Gasteiger partial charge on any atom is 0.335 e. The van der Waals surface area contributed by atoms with Gasteiger partial charge in [0.1, 0.15) is 0 Å². The second-order valence-electron chi connectivity index (χ2n) is 4.87. The smallest absolute Gasteiger partial charge is 0.335 e. The molecule has 1 aromatic rings. The summed E-state index contributed by atoms with van der Waals surface area (Å²) in [5, 5.41) is 9.15. The zero-order valence-electron chi connectivity index (χ0n) is 10.0. The highest BCUT2D eigenvalue weighted by atomic mass is 19.3. The van der Waals surface area contributed by atoms with Gasteiger partial charge < -0.3 is 5.11 Å². The molecule has 98 valence electrons. The first-order valence-electron chi connectivity index (χ1n) is 6.19. The number of carboxylic acid groups (broad SMARTS) is 1. The van der Waals surface area contributed by atoms with E-state index in [9.17, 15) is 13.6 Å². The van der Waals surface area contributed by atoms with E-state index in [1.165, 1.54) is 6.07 Å². The third-order valence-corrected chi connectivity index (χ3v) is 3.86. The predicted octanol–water partition coefficient (Wildman–Crippen LogP) is 3.85. The molecule has 0 aliphatic heterocycles. The first-order valence-corrected chi connectivity index (χ1v) is 6.19. The van der Waals surface area contributed by atoms with Crippen molar-refractivity contribution in [1.82, 2.24) is 0 Å². The van der Waals surface area contributed by atoms with Gasteiger partial charge in [-0.05, 0) is 24.5 Å². The number of halogens is 2. The van der Waals surface area contributed by atoms with Crippen molar-refractivity contribution in [2.45, 2.75) is 43.9 Å². The van der Waals surface area contributed by atoms with Crippen molar-refractivity contribution < 1.29 is 18.7 Å². The summed E-state index contributed by atoms with van der Waals surface area (Å²) in [5.74, 6) is -1.13. The Kier molecular flexibility index (Phi) is 3.64. The maximum absolute atomic E-state index is 13.5. The molecule has 0 radical (unpaired) electrons. The molecule has 1 aliphatic carbocycles. The zero-order chi connectivity index (χ0) is 13.2. The summed E-state index contributed by atoms with van der Waals surface area (Å²) in [4.78, 5) is 11.2. The fourth-order valence-electron chi connectivity index (χ4n) is 2.89. The van der Waals surface area contributed by atoms with E-state index in [2.05, 4.69) is 0 Å². The molecule has 0 atom stereocenters. The summed E-state index contributed by atoms with van der Waals surface area (Å²) >= 11 is 0. The molecule has 18 heavy (non-hydrogen) atoms. The third kappa shape index (κ3) is 2.11. The van der Waals surface area contributed by atoms with Crippen LogP contribution in [0.25, 0.3) is 0 Å². The van der Waals surface area contributed by atoms with Crippen LogP contribution >= 0.6 is 0 Å². The number of aromatic carboxylic acids is 1. The van der Waals surface area contributed by atoms with E-state index in [1.807, 2.05) is 0 Å². The Hall–Kier alpha value is -1.45. The Morgan fingerprint density at radius 2 is 1.78 bits per heavy atom. The minimum Gasteiger partial charge on any atom is -0.478 e. The molecule has 0 unspecified atom stereocenters. The molecule has 1 fully saturated rings. The number of rotatable bonds is 3. The van der Waals surface area contributed by atoms with Gasteiger partial charge in [-0.3, -0.25) is 0 Å². The third-order valence-electron chi connectivity index (χ3n) is 3.86. The van der Waals surface area contributed by atoms with Gasteiger partial charge in [0.15, 0.2) is 0 Å². The van der Waals surface area contributed by atoms with Gasteiger partial charge in [-0.25, -0.2) is 13.6 Å². The lowest BCUT2D eigenvalue weighted by atomic mass is 9.68. The minimum atomic E-state index is -2.52. The van der Waals surface area contributed by atoms with Crippen molar-refractivity contribution in [2.24, 2.45) is 0 Å². The number of alkyl halides is 2. The van der Waals surface area contributed by atoms with Crippen LogP contribution in [0, 0.1) is 0 Å². The van der Waals surface area contributed by atoms with E-state index in [0.717, 1.165) is 19.3 Å². The number of benzene rings is 1. The molecule has 1 N–H and O–H groups in total.